The number of carbonyl (C=O) groups excluding carboxylic acids is 1. The molecule has 0 spiro atoms. The first kappa shape index (κ1) is 12.0. The third-order valence-electron chi connectivity index (χ3n) is 1.49. The Labute approximate surface area is 91.1 Å². The van der Waals surface area contributed by atoms with Crippen LogP contribution in [0.2, 0.25) is 0 Å². The van der Waals surface area contributed by atoms with E-state index in [0.29, 0.717) is 5.69 Å². The predicted molar refractivity (Wildman–Crippen MR) is 55.9 cm³/mol. The second-order valence-electron chi connectivity index (χ2n) is 2.60. The summed E-state index contributed by atoms with van der Waals surface area (Å²) in [5.74, 6) is -0.650. The normalized spacial score (nSPS) is 11.3. The quantitative estimate of drug-likeness (QED) is 0.720. The van der Waals surface area contributed by atoms with Gasteiger partial charge in [-0.1, -0.05) is 0 Å². The average Bonchev–Trinajstić information content (AvgIpc) is 2.62. The molecule has 15 heavy (non-hydrogen) atoms. The Morgan fingerprint density at radius 1 is 1.67 bits per heavy atom. The first-order chi connectivity index (χ1) is 6.95. The Morgan fingerprint density at radius 3 is 2.80 bits per heavy atom. The molecule has 6 nitrogen and oxygen atoms in total. The zero-order valence-corrected chi connectivity index (χ0v) is 9.52. The van der Waals surface area contributed by atoms with E-state index in [1.165, 1.54) is 18.6 Å². The number of hydrogen-bond acceptors (Lipinski definition) is 6. The molecule has 0 aliphatic rings. The van der Waals surface area contributed by atoms with Crippen LogP contribution in [0.4, 0.5) is 5.69 Å². The van der Waals surface area contributed by atoms with Crippen molar-refractivity contribution in [2.45, 2.75) is 4.21 Å². The van der Waals surface area contributed by atoms with Gasteiger partial charge >= 0.3 is 5.97 Å². The minimum Gasteiger partial charge on any atom is -0.468 e. The first-order valence-corrected chi connectivity index (χ1v) is 6.22. The molecule has 0 fully saturated rings. The molecule has 1 aromatic heterocycles. The molecule has 0 aliphatic carbocycles. The predicted octanol–water partition coefficient (Wildman–Crippen LogP) is -0.218. The maximum atomic E-state index is 11.5. The highest BCUT2D eigenvalue weighted by Gasteiger charge is 2.17. The molecule has 0 aromatic carbocycles. The van der Waals surface area contributed by atoms with Gasteiger partial charge in [0.1, 0.15) is 10.8 Å². The van der Waals surface area contributed by atoms with Crippen molar-refractivity contribution in [3.63, 3.8) is 0 Å². The van der Waals surface area contributed by atoms with Crippen molar-refractivity contribution in [1.82, 2.24) is 4.72 Å². The molecule has 0 unspecified atom stereocenters. The number of sulfonamides is 1. The van der Waals surface area contributed by atoms with Gasteiger partial charge in [-0.15, -0.1) is 11.3 Å². The van der Waals surface area contributed by atoms with Crippen LogP contribution >= 0.6 is 11.3 Å². The smallest absolute Gasteiger partial charge is 0.320 e. The summed E-state index contributed by atoms with van der Waals surface area (Å²) in [5, 5.41) is 1.51. The highest BCUT2D eigenvalue weighted by molar-refractivity contribution is 7.91. The van der Waals surface area contributed by atoms with Gasteiger partial charge in [0, 0.05) is 11.1 Å². The lowest BCUT2D eigenvalue weighted by molar-refractivity contribution is -0.139. The van der Waals surface area contributed by atoms with Crippen molar-refractivity contribution < 1.29 is 17.9 Å². The molecule has 8 heteroatoms. The van der Waals surface area contributed by atoms with E-state index >= 15 is 0 Å². The van der Waals surface area contributed by atoms with Crippen LogP contribution in [0.3, 0.4) is 0 Å². The molecule has 1 heterocycles. The summed E-state index contributed by atoms with van der Waals surface area (Å²) in [4.78, 5) is 10.7. The van der Waals surface area contributed by atoms with E-state index in [0.717, 1.165) is 11.3 Å². The van der Waals surface area contributed by atoms with Crippen molar-refractivity contribution in [3.8, 4) is 0 Å². The minimum absolute atomic E-state index is 0.0731. The molecule has 0 saturated carbocycles. The standard InChI is InChI=1S/C7H10N2O4S2/c1-13-6(10)3-9-15(11,12)7-2-5(8)4-14-7/h2,4,9H,3,8H2,1H3. The molecular weight excluding hydrogens is 240 g/mol. The number of nitrogens with two attached hydrogens (primary N) is 1. The van der Waals surface area contributed by atoms with Crippen LogP contribution in [-0.2, 0) is 19.6 Å². The maximum absolute atomic E-state index is 11.5. The van der Waals surface area contributed by atoms with Gasteiger partial charge in [-0.3, -0.25) is 4.79 Å². The Bertz CT molecular complexity index is 451. The summed E-state index contributed by atoms with van der Waals surface area (Å²) in [6.45, 7) is -0.392. The van der Waals surface area contributed by atoms with Gasteiger partial charge in [-0.2, -0.15) is 4.72 Å². The molecule has 1 rings (SSSR count). The molecule has 1 aromatic rings. The van der Waals surface area contributed by atoms with E-state index in [4.69, 9.17) is 5.73 Å². The summed E-state index contributed by atoms with van der Waals surface area (Å²) in [5.41, 5.74) is 5.76. The fourth-order valence-corrected chi connectivity index (χ4v) is 2.86. The molecule has 0 radical (unpaired) electrons. The molecule has 0 aliphatic heterocycles. The lowest BCUT2D eigenvalue weighted by Crippen LogP contribution is -2.29. The number of ether oxygens (including phenoxy) is 1. The Kier molecular flexibility index (Phi) is 3.66. The van der Waals surface area contributed by atoms with Crippen LogP contribution in [-0.4, -0.2) is 28.0 Å². The molecule has 3 N–H and O–H groups in total. The summed E-state index contributed by atoms with van der Waals surface area (Å²) >= 11 is 0.988. The van der Waals surface area contributed by atoms with Gasteiger partial charge in [0.25, 0.3) is 10.0 Å². The van der Waals surface area contributed by atoms with E-state index in [1.807, 2.05) is 0 Å². The van der Waals surface area contributed by atoms with E-state index in [-0.39, 0.29) is 4.21 Å². The topological polar surface area (TPSA) is 98.5 Å². The van der Waals surface area contributed by atoms with Gasteiger partial charge in [-0.05, 0) is 6.07 Å². The molecule has 0 amide bonds. The third-order valence-corrected chi connectivity index (χ3v) is 4.35. The van der Waals surface area contributed by atoms with Crippen LogP contribution in [0.15, 0.2) is 15.7 Å². The van der Waals surface area contributed by atoms with Crippen LogP contribution in [0.5, 0.6) is 0 Å². The van der Waals surface area contributed by atoms with Gasteiger partial charge in [0.15, 0.2) is 0 Å². The zero-order valence-electron chi connectivity index (χ0n) is 7.89. The lowest BCUT2D eigenvalue weighted by atomic mass is 10.6. The van der Waals surface area contributed by atoms with Crippen LogP contribution in [0, 0.1) is 0 Å². The van der Waals surface area contributed by atoms with Gasteiger partial charge < -0.3 is 10.5 Å². The number of hydrogen-bond donors (Lipinski definition) is 2. The van der Waals surface area contributed by atoms with E-state index in [2.05, 4.69) is 9.46 Å². The zero-order chi connectivity index (χ0) is 11.5. The van der Waals surface area contributed by atoms with Crippen molar-refractivity contribution in [2.75, 3.05) is 19.4 Å². The van der Waals surface area contributed by atoms with Crippen molar-refractivity contribution in [3.05, 3.63) is 11.4 Å². The third kappa shape index (κ3) is 3.18. The second-order valence-corrected chi connectivity index (χ2v) is 5.50. The highest BCUT2D eigenvalue weighted by Crippen LogP contribution is 2.20. The van der Waals surface area contributed by atoms with Crippen molar-refractivity contribution in [1.29, 1.82) is 0 Å². The van der Waals surface area contributed by atoms with Crippen LogP contribution in [0.1, 0.15) is 0 Å². The Balaban J connectivity index is 2.72. The van der Waals surface area contributed by atoms with E-state index < -0.39 is 22.5 Å². The number of esters is 1. The number of methoxy groups -OCH3 is 1. The number of anilines is 1. The maximum Gasteiger partial charge on any atom is 0.320 e. The summed E-state index contributed by atoms with van der Waals surface area (Å²) < 4.78 is 29.5. The van der Waals surface area contributed by atoms with Crippen molar-refractivity contribution in [2.24, 2.45) is 0 Å². The van der Waals surface area contributed by atoms with Gasteiger partial charge in [0.2, 0.25) is 0 Å². The largest absolute Gasteiger partial charge is 0.468 e. The summed E-state index contributed by atoms with van der Waals surface area (Å²) in [7, 11) is -2.48. The first-order valence-electron chi connectivity index (χ1n) is 3.86. The van der Waals surface area contributed by atoms with E-state index in [1.54, 1.807) is 0 Å². The number of thiophene rings is 1. The fourth-order valence-electron chi connectivity index (χ4n) is 0.768. The molecule has 0 saturated heterocycles. The second kappa shape index (κ2) is 4.60. The van der Waals surface area contributed by atoms with Gasteiger partial charge in [0.05, 0.1) is 7.11 Å². The van der Waals surface area contributed by atoms with E-state index in [9.17, 15) is 13.2 Å². The van der Waals surface area contributed by atoms with Crippen LogP contribution < -0.4 is 10.5 Å². The number of nitrogens with one attached hydrogen (secondary N) is 1. The molecule has 0 atom stereocenters. The van der Waals surface area contributed by atoms with Gasteiger partial charge in [-0.25, -0.2) is 8.42 Å². The Hall–Kier alpha value is -1.12. The monoisotopic (exact) mass is 250 g/mol. The van der Waals surface area contributed by atoms with Crippen molar-refractivity contribution >= 4 is 33.0 Å². The molecular formula is C7H10N2O4S2. The fraction of sp³-hybridized carbons (Fsp3) is 0.286. The summed E-state index contributed by atoms with van der Waals surface area (Å²) in [6, 6.07) is 1.32. The Morgan fingerprint density at radius 2 is 2.33 bits per heavy atom. The average molecular weight is 250 g/mol. The highest BCUT2D eigenvalue weighted by atomic mass is 32.2. The molecule has 0 bridgehead atoms. The molecule has 84 valence electrons. The number of nitrogen functional groups attached to an aromatic ring is 1. The number of carbonyl (C=O) groups is 1. The minimum atomic E-state index is -3.66. The summed E-state index contributed by atoms with van der Waals surface area (Å²) in [6.07, 6.45) is 0. The lowest BCUT2D eigenvalue weighted by Gasteiger charge is -2.02. The number of rotatable bonds is 4. The SMILES string of the molecule is COC(=O)CNS(=O)(=O)c1cc(N)cs1. The van der Waals surface area contributed by atoms with Crippen LogP contribution in [0.25, 0.3) is 0 Å².